The Hall–Kier alpha value is -0.710. The van der Waals surface area contributed by atoms with Crippen LogP contribution in [0.1, 0.15) is 17.9 Å². The summed E-state index contributed by atoms with van der Waals surface area (Å²) in [5.41, 5.74) is 1.32. The highest BCUT2D eigenvalue weighted by Gasteiger charge is 2.28. The lowest BCUT2D eigenvalue weighted by Crippen LogP contribution is -2.38. The van der Waals surface area contributed by atoms with E-state index in [0.29, 0.717) is 11.8 Å². The van der Waals surface area contributed by atoms with Crippen molar-refractivity contribution in [1.82, 2.24) is 4.90 Å². The summed E-state index contributed by atoms with van der Waals surface area (Å²) in [5, 5.41) is 9.52. The third-order valence-electron chi connectivity index (χ3n) is 3.79. The molecule has 1 N–H and O–H groups in total. The number of nitrogens with zero attached hydrogens (tertiary/aromatic N) is 1. The summed E-state index contributed by atoms with van der Waals surface area (Å²) in [4.78, 5) is 13.0. The fraction of sp³-hybridized carbons (Fsp3) is 0.533. The minimum Gasteiger partial charge on any atom is -0.481 e. The summed E-state index contributed by atoms with van der Waals surface area (Å²) in [6, 6.07) is 8.09. The molecule has 3 nitrogen and oxygen atoms in total. The lowest BCUT2D eigenvalue weighted by atomic mass is 9.81. The number of benzene rings is 1. The van der Waals surface area contributed by atoms with Crippen LogP contribution in [0, 0.1) is 5.92 Å². The first-order valence-corrected chi connectivity index (χ1v) is 8.33. The number of hydrogen-bond acceptors (Lipinski definition) is 3. The lowest BCUT2D eigenvalue weighted by Gasteiger charge is -2.37. The van der Waals surface area contributed by atoms with E-state index < -0.39 is 5.97 Å². The molecular formula is C15H20ClNO2S. The van der Waals surface area contributed by atoms with E-state index in [4.69, 9.17) is 16.7 Å². The summed E-state index contributed by atoms with van der Waals surface area (Å²) in [6.45, 7) is 2.12. The van der Waals surface area contributed by atoms with E-state index in [1.54, 1.807) is 0 Å². The Bertz CT molecular complexity index is 452. The second-order valence-electron chi connectivity index (χ2n) is 5.38. The molecule has 1 fully saturated rings. The zero-order valence-electron chi connectivity index (χ0n) is 11.6. The summed E-state index contributed by atoms with van der Waals surface area (Å²) in [5.74, 6) is 1.35. The first-order chi connectivity index (χ1) is 9.56. The number of likely N-dealkylation sites (tertiary alicyclic amines) is 1. The van der Waals surface area contributed by atoms with Crippen molar-refractivity contribution in [3.63, 3.8) is 0 Å². The molecule has 5 heteroatoms. The van der Waals surface area contributed by atoms with Crippen LogP contribution in [0.2, 0.25) is 5.02 Å². The van der Waals surface area contributed by atoms with Gasteiger partial charge < -0.3 is 10.0 Å². The molecule has 0 saturated carbocycles. The molecule has 2 rings (SSSR count). The maximum atomic E-state index is 10.6. The highest BCUT2D eigenvalue weighted by Crippen LogP contribution is 2.35. The smallest absolute Gasteiger partial charge is 0.313 e. The molecule has 1 heterocycles. The van der Waals surface area contributed by atoms with Gasteiger partial charge in [-0.15, -0.1) is 11.8 Å². The fourth-order valence-corrected chi connectivity index (χ4v) is 3.89. The van der Waals surface area contributed by atoms with Crippen molar-refractivity contribution < 1.29 is 9.90 Å². The number of carbonyl (C=O) groups is 1. The van der Waals surface area contributed by atoms with E-state index in [0.717, 1.165) is 30.3 Å². The third-order valence-corrected chi connectivity index (χ3v) is 5.16. The van der Waals surface area contributed by atoms with E-state index in [-0.39, 0.29) is 5.75 Å². The van der Waals surface area contributed by atoms with Gasteiger partial charge in [-0.25, -0.2) is 0 Å². The molecule has 0 bridgehead atoms. The normalized spacial score (nSPS) is 23.7. The predicted molar refractivity (Wildman–Crippen MR) is 84.8 cm³/mol. The van der Waals surface area contributed by atoms with Crippen molar-refractivity contribution in [3.8, 4) is 0 Å². The number of piperidine rings is 1. The second kappa shape index (κ2) is 7.34. The Balaban J connectivity index is 2.03. The van der Waals surface area contributed by atoms with Crippen molar-refractivity contribution >= 4 is 29.3 Å². The van der Waals surface area contributed by atoms with Gasteiger partial charge in [-0.2, -0.15) is 0 Å². The van der Waals surface area contributed by atoms with E-state index in [1.807, 2.05) is 12.1 Å². The minimum absolute atomic E-state index is 0.188. The van der Waals surface area contributed by atoms with Crippen LogP contribution in [0.5, 0.6) is 0 Å². The van der Waals surface area contributed by atoms with Crippen LogP contribution in [-0.2, 0) is 4.79 Å². The van der Waals surface area contributed by atoms with Gasteiger partial charge in [-0.3, -0.25) is 4.79 Å². The van der Waals surface area contributed by atoms with Crippen molar-refractivity contribution in [2.75, 3.05) is 31.6 Å². The number of rotatable bonds is 5. The Morgan fingerprint density at radius 2 is 2.15 bits per heavy atom. The topological polar surface area (TPSA) is 40.5 Å². The molecule has 0 amide bonds. The molecule has 1 aliphatic rings. The Morgan fingerprint density at radius 1 is 1.45 bits per heavy atom. The van der Waals surface area contributed by atoms with E-state index in [2.05, 4.69) is 24.1 Å². The number of halogens is 1. The molecule has 1 saturated heterocycles. The second-order valence-corrected chi connectivity index (χ2v) is 6.84. The van der Waals surface area contributed by atoms with Gasteiger partial charge in [0.25, 0.3) is 0 Å². The SMILES string of the molecule is CN1CC[C@@H](c2ccc(Cl)cc2)[C@H](CSCC(=O)O)C1. The van der Waals surface area contributed by atoms with Crippen molar-refractivity contribution in [2.24, 2.45) is 5.92 Å². The molecule has 0 aliphatic carbocycles. The van der Waals surface area contributed by atoms with Crippen LogP contribution in [-0.4, -0.2) is 47.6 Å². The van der Waals surface area contributed by atoms with Crippen LogP contribution in [0.3, 0.4) is 0 Å². The van der Waals surface area contributed by atoms with Crippen molar-refractivity contribution in [1.29, 1.82) is 0 Å². The zero-order chi connectivity index (χ0) is 14.5. The van der Waals surface area contributed by atoms with Gasteiger partial charge in [0.15, 0.2) is 0 Å². The molecule has 0 spiro atoms. The number of carboxylic acid groups (broad SMARTS) is 1. The fourth-order valence-electron chi connectivity index (χ4n) is 2.83. The van der Waals surface area contributed by atoms with Gasteiger partial charge in [0.1, 0.15) is 0 Å². The molecule has 0 unspecified atom stereocenters. The highest BCUT2D eigenvalue weighted by molar-refractivity contribution is 7.99. The maximum absolute atomic E-state index is 10.6. The van der Waals surface area contributed by atoms with Gasteiger partial charge >= 0.3 is 5.97 Å². The minimum atomic E-state index is -0.734. The van der Waals surface area contributed by atoms with Crippen LogP contribution in [0.15, 0.2) is 24.3 Å². The largest absolute Gasteiger partial charge is 0.481 e. The average Bonchev–Trinajstić information content (AvgIpc) is 2.40. The number of aliphatic carboxylic acids is 1. The monoisotopic (exact) mass is 313 g/mol. The molecule has 110 valence electrons. The third kappa shape index (κ3) is 4.40. The molecule has 2 atom stereocenters. The number of carboxylic acids is 1. The van der Waals surface area contributed by atoms with Gasteiger partial charge in [0.2, 0.25) is 0 Å². The summed E-state index contributed by atoms with van der Waals surface area (Å²) in [6.07, 6.45) is 1.12. The molecule has 1 aliphatic heterocycles. The van der Waals surface area contributed by atoms with Gasteiger partial charge in [0.05, 0.1) is 5.75 Å². The van der Waals surface area contributed by atoms with E-state index in [1.165, 1.54) is 17.3 Å². The van der Waals surface area contributed by atoms with E-state index >= 15 is 0 Å². The highest BCUT2D eigenvalue weighted by atomic mass is 35.5. The summed E-state index contributed by atoms with van der Waals surface area (Å²) < 4.78 is 0. The zero-order valence-corrected chi connectivity index (χ0v) is 13.2. The van der Waals surface area contributed by atoms with Crippen molar-refractivity contribution in [2.45, 2.75) is 12.3 Å². The average molecular weight is 314 g/mol. The molecule has 0 aromatic heterocycles. The number of hydrogen-bond donors (Lipinski definition) is 1. The van der Waals surface area contributed by atoms with Crippen LogP contribution in [0.4, 0.5) is 0 Å². The van der Waals surface area contributed by atoms with Gasteiger partial charge in [0, 0.05) is 11.6 Å². The Kier molecular flexibility index (Phi) is 5.75. The predicted octanol–water partition coefficient (Wildman–Crippen LogP) is 3.19. The quantitative estimate of drug-likeness (QED) is 0.906. The first kappa shape index (κ1) is 15.7. The Morgan fingerprint density at radius 3 is 2.80 bits per heavy atom. The van der Waals surface area contributed by atoms with Crippen LogP contribution in [0.25, 0.3) is 0 Å². The maximum Gasteiger partial charge on any atom is 0.313 e. The standard InChI is InChI=1S/C15H20ClNO2S/c1-17-7-6-14(11-2-4-13(16)5-3-11)12(8-17)9-20-10-15(18)19/h2-5,12,14H,6-10H2,1H3,(H,18,19)/t12-,14-/m0/s1. The van der Waals surface area contributed by atoms with Crippen LogP contribution >= 0.6 is 23.4 Å². The van der Waals surface area contributed by atoms with Crippen LogP contribution < -0.4 is 0 Å². The Labute approximate surface area is 129 Å². The molecular weight excluding hydrogens is 294 g/mol. The van der Waals surface area contributed by atoms with E-state index in [9.17, 15) is 4.79 Å². The molecule has 0 radical (unpaired) electrons. The number of thioether (sulfide) groups is 1. The van der Waals surface area contributed by atoms with Crippen molar-refractivity contribution in [3.05, 3.63) is 34.9 Å². The molecule has 1 aromatic carbocycles. The lowest BCUT2D eigenvalue weighted by molar-refractivity contribution is -0.133. The summed E-state index contributed by atoms with van der Waals surface area (Å²) in [7, 11) is 2.13. The summed E-state index contributed by atoms with van der Waals surface area (Å²) >= 11 is 7.47. The van der Waals surface area contributed by atoms with Gasteiger partial charge in [-0.05, 0) is 55.3 Å². The molecule has 1 aromatic rings. The first-order valence-electron chi connectivity index (χ1n) is 6.80. The molecule has 20 heavy (non-hydrogen) atoms. The van der Waals surface area contributed by atoms with Gasteiger partial charge in [-0.1, -0.05) is 23.7 Å².